The van der Waals surface area contributed by atoms with Crippen LogP contribution in [0.15, 0.2) is 43.0 Å². The normalized spacial score (nSPS) is 18.6. The molecule has 2 N–H and O–H groups in total. The van der Waals surface area contributed by atoms with Crippen LogP contribution >= 0.6 is 0 Å². The minimum atomic E-state index is -0.602. The van der Waals surface area contributed by atoms with E-state index < -0.39 is 11.2 Å². The molecule has 0 aromatic heterocycles. The van der Waals surface area contributed by atoms with E-state index in [0.29, 0.717) is 30.4 Å². The zero-order valence-corrected chi connectivity index (χ0v) is 14.7. The van der Waals surface area contributed by atoms with Crippen LogP contribution in [0.2, 0.25) is 0 Å². The Morgan fingerprint density at radius 1 is 1.31 bits per heavy atom. The molecule has 2 amide bonds. The lowest BCUT2D eigenvalue weighted by Crippen LogP contribution is -2.41. The van der Waals surface area contributed by atoms with E-state index in [1.54, 1.807) is 12.1 Å². The third-order valence-corrected chi connectivity index (χ3v) is 4.60. The maximum Gasteiger partial charge on any atom is 0.243 e. The lowest BCUT2D eigenvalue weighted by atomic mass is 9.74. The van der Waals surface area contributed by atoms with Gasteiger partial charge in [-0.3, -0.25) is 9.59 Å². The molecule has 0 radical (unpaired) electrons. The van der Waals surface area contributed by atoms with Gasteiger partial charge in [-0.05, 0) is 37.0 Å². The monoisotopic (exact) mass is 354 g/mol. The molecule has 0 heterocycles. The van der Waals surface area contributed by atoms with Crippen molar-refractivity contribution < 1.29 is 14.0 Å². The van der Waals surface area contributed by atoms with Gasteiger partial charge < -0.3 is 10.6 Å². The number of carbonyl (C=O) groups is 2. The Morgan fingerprint density at radius 2 is 2.12 bits per heavy atom. The summed E-state index contributed by atoms with van der Waals surface area (Å²) in [7, 11) is 0. The molecule has 2 rings (SSSR count). The van der Waals surface area contributed by atoms with Crippen molar-refractivity contribution >= 4 is 11.8 Å². The molecule has 0 saturated carbocycles. The van der Waals surface area contributed by atoms with E-state index in [4.69, 9.17) is 6.42 Å². The summed E-state index contributed by atoms with van der Waals surface area (Å²) in [5.41, 5.74) is 0.419. The third-order valence-electron chi connectivity index (χ3n) is 4.60. The molecule has 0 bridgehead atoms. The van der Waals surface area contributed by atoms with Crippen LogP contribution in [0.5, 0.6) is 0 Å². The van der Waals surface area contributed by atoms with Gasteiger partial charge in [-0.15, -0.1) is 12.3 Å². The Morgan fingerprint density at radius 3 is 2.73 bits per heavy atom. The lowest BCUT2D eigenvalue weighted by molar-refractivity contribution is -0.131. The van der Waals surface area contributed by atoms with Crippen LogP contribution in [0.25, 0.3) is 0 Å². The predicted octanol–water partition coefficient (Wildman–Crippen LogP) is 2.99. The molecule has 1 aliphatic carbocycles. The number of hydrogen-bond donors (Lipinski definition) is 2. The van der Waals surface area contributed by atoms with Gasteiger partial charge in [-0.1, -0.05) is 30.9 Å². The molecule has 1 aliphatic rings. The molecule has 0 fully saturated rings. The van der Waals surface area contributed by atoms with Crippen LogP contribution < -0.4 is 10.6 Å². The van der Waals surface area contributed by atoms with Crippen LogP contribution in [0.1, 0.15) is 36.8 Å². The second-order valence-electron chi connectivity index (χ2n) is 6.41. The first kappa shape index (κ1) is 19.5. The van der Waals surface area contributed by atoms with Crippen molar-refractivity contribution in [1.82, 2.24) is 10.6 Å². The zero-order chi connectivity index (χ0) is 19.0. The molecular formula is C21H23FN2O2. The van der Waals surface area contributed by atoms with Gasteiger partial charge in [0.05, 0.1) is 5.41 Å². The van der Waals surface area contributed by atoms with Crippen LogP contribution in [0, 0.1) is 23.6 Å². The van der Waals surface area contributed by atoms with Crippen molar-refractivity contribution in [2.75, 3.05) is 0 Å². The van der Waals surface area contributed by atoms with Crippen molar-refractivity contribution in [2.45, 2.75) is 38.8 Å². The molecular weight excluding hydrogens is 331 g/mol. The minimum absolute atomic E-state index is 0.0972. The maximum atomic E-state index is 14.3. The summed E-state index contributed by atoms with van der Waals surface area (Å²) >= 11 is 0. The molecule has 1 aromatic rings. The van der Waals surface area contributed by atoms with Crippen LogP contribution in [-0.2, 0) is 22.7 Å². The molecule has 5 heteroatoms. The zero-order valence-electron chi connectivity index (χ0n) is 14.7. The molecule has 0 aliphatic heterocycles. The van der Waals surface area contributed by atoms with Crippen molar-refractivity contribution in [3.05, 3.63) is 60.0 Å². The number of terminal acetylenes is 1. The number of halogens is 1. The minimum Gasteiger partial charge on any atom is -0.351 e. The highest BCUT2D eigenvalue weighted by Gasteiger charge is 2.37. The molecule has 1 aromatic carbocycles. The van der Waals surface area contributed by atoms with E-state index in [1.165, 1.54) is 6.07 Å². The third kappa shape index (κ3) is 4.82. The Labute approximate surface area is 153 Å². The Kier molecular flexibility index (Phi) is 6.74. The number of rotatable bonds is 7. The Bertz CT molecular complexity index is 764. The number of carbonyl (C=O) groups excluding carboxylic acids is 2. The highest BCUT2D eigenvalue weighted by Crippen LogP contribution is 2.36. The summed E-state index contributed by atoms with van der Waals surface area (Å²) in [5.74, 6) is 1.71. The molecule has 0 saturated heterocycles. The second-order valence-corrected chi connectivity index (χ2v) is 6.41. The van der Waals surface area contributed by atoms with Crippen molar-refractivity contribution in [3.63, 3.8) is 0 Å². The first-order valence-corrected chi connectivity index (χ1v) is 8.55. The Hall–Kier alpha value is -2.87. The number of hydrogen-bond acceptors (Lipinski definition) is 2. The topological polar surface area (TPSA) is 58.2 Å². The quantitative estimate of drug-likeness (QED) is 0.449. The van der Waals surface area contributed by atoms with Gasteiger partial charge in [0.25, 0.3) is 0 Å². The molecule has 0 spiro atoms. The fourth-order valence-electron chi connectivity index (χ4n) is 3.00. The van der Waals surface area contributed by atoms with Crippen molar-refractivity contribution in [2.24, 2.45) is 5.41 Å². The largest absolute Gasteiger partial charge is 0.351 e. The van der Waals surface area contributed by atoms with Gasteiger partial charge in [0.2, 0.25) is 11.8 Å². The fourth-order valence-corrected chi connectivity index (χ4v) is 3.00. The molecule has 26 heavy (non-hydrogen) atoms. The number of amides is 2. The van der Waals surface area contributed by atoms with E-state index >= 15 is 0 Å². The van der Waals surface area contributed by atoms with E-state index in [0.717, 1.165) is 12.5 Å². The summed E-state index contributed by atoms with van der Waals surface area (Å²) in [6.07, 6.45) is 13.1. The first-order chi connectivity index (χ1) is 12.5. The van der Waals surface area contributed by atoms with Gasteiger partial charge in [-0.25, -0.2) is 4.39 Å². The molecule has 4 nitrogen and oxygen atoms in total. The van der Waals surface area contributed by atoms with Crippen molar-refractivity contribution in [1.29, 1.82) is 0 Å². The maximum absolute atomic E-state index is 14.3. The van der Waals surface area contributed by atoms with E-state index in [-0.39, 0.29) is 24.9 Å². The highest BCUT2D eigenvalue weighted by atomic mass is 19.1. The number of allylic oxidation sites excluding steroid dienone is 2. The van der Waals surface area contributed by atoms with Gasteiger partial charge >= 0.3 is 0 Å². The van der Waals surface area contributed by atoms with Gasteiger partial charge in [0.15, 0.2) is 0 Å². The summed E-state index contributed by atoms with van der Waals surface area (Å²) in [4.78, 5) is 23.8. The van der Waals surface area contributed by atoms with Crippen LogP contribution in [-0.4, -0.2) is 11.8 Å². The van der Waals surface area contributed by atoms with E-state index in [2.05, 4.69) is 23.1 Å². The summed E-state index contributed by atoms with van der Waals surface area (Å²) < 4.78 is 14.3. The summed E-state index contributed by atoms with van der Waals surface area (Å²) in [5, 5.41) is 5.41. The average molecular weight is 354 g/mol. The summed E-state index contributed by atoms with van der Waals surface area (Å²) in [6.45, 7) is 3.67. The number of nitrogens with one attached hydrogen (secondary N) is 2. The van der Waals surface area contributed by atoms with Crippen LogP contribution in [0.4, 0.5) is 4.39 Å². The standard InChI is InChI=1S/C21H23FN2O2/c1-3-10-21(11-6-5-7-12-21)20(26)24-15-17-9-8-16(13-18(17)22)14-23-19(25)4-2/h1,4-6,8-9,13H,2,7,10-12,14-15H2,(H,23,25)(H,24,26). The first-order valence-electron chi connectivity index (χ1n) is 8.55. The smallest absolute Gasteiger partial charge is 0.243 e. The van der Waals surface area contributed by atoms with Gasteiger partial charge in [0, 0.05) is 25.1 Å². The molecule has 136 valence electrons. The van der Waals surface area contributed by atoms with E-state index in [1.807, 2.05) is 12.2 Å². The Balaban J connectivity index is 1.99. The van der Waals surface area contributed by atoms with Crippen LogP contribution in [0.3, 0.4) is 0 Å². The highest BCUT2D eigenvalue weighted by molar-refractivity contribution is 5.86. The van der Waals surface area contributed by atoms with Gasteiger partial charge in [0.1, 0.15) is 5.82 Å². The molecule has 1 atom stereocenters. The lowest BCUT2D eigenvalue weighted by Gasteiger charge is -2.31. The van der Waals surface area contributed by atoms with E-state index in [9.17, 15) is 14.0 Å². The average Bonchev–Trinajstić information content (AvgIpc) is 2.66. The van der Waals surface area contributed by atoms with Crippen molar-refractivity contribution in [3.8, 4) is 12.3 Å². The molecule has 1 unspecified atom stereocenters. The predicted molar refractivity (Wildman–Crippen MR) is 99.2 cm³/mol. The second kappa shape index (κ2) is 9.00. The number of benzene rings is 1. The SMILES string of the molecule is C#CCC1(C(=O)NCc2ccc(CNC(=O)C=C)cc2F)CC=CCC1. The fraction of sp³-hybridized carbons (Fsp3) is 0.333. The van der Waals surface area contributed by atoms with Gasteiger partial charge in [-0.2, -0.15) is 0 Å². The summed E-state index contributed by atoms with van der Waals surface area (Å²) in [6, 6.07) is 4.68.